The Labute approximate surface area is 114 Å². The Morgan fingerprint density at radius 3 is 2.63 bits per heavy atom. The maximum Gasteiger partial charge on any atom is 0.407 e. The van der Waals surface area contributed by atoms with Gasteiger partial charge in [-0.3, -0.25) is 4.98 Å². The van der Waals surface area contributed by atoms with E-state index >= 15 is 0 Å². The molecule has 19 heavy (non-hydrogen) atoms. The van der Waals surface area contributed by atoms with Gasteiger partial charge in [0.05, 0.1) is 0 Å². The molecule has 0 aliphatic heterocycles. The summed E-state index contributed by atoms with van der Waals surface area (Å²) in [5.41, 5.74) is 2.57. The second-order valence-electron chi connectivity index (χ2n) is 5.41. The molecular formula is C15H22N2O2. The minimum atomic E-state index is -0.467. The fourth-order valence-electron chi connectivity index (χ4n) is 1.52. The van der Waals surface area contributed by atoms with Gasteiger partial charge in [0.15, 0.2) is 0 Å². The number of aryl methyl sites for hydroxylation is 2. The lowest BCUT2D eigenvalue weighted by atomic mass is 10.2. The number of carbonyl (C=O) groups is 1. The molecule has 4 heteroatoms. The van der Waals surface area contributed by atoms with E-state index in [1.54, 1.807) is 0 Å². The average molecular weight is 262 g/mol. The van der Waals surface area contributed by atoms with Crippen LogP contribution in [0.2, 0.25) is 0 Å². The van der Waals surface area contributed by atoms with Crippen molar-refractivity contribution >= 4 is 12.2 Å². The zero-order valence-electron chi connectivity index (χ0n) is 12.3. The molecule has 0 aliphatic rings. The number of amides is 1. The SMILES string of the molecule is Cc1ccc(C=CCNC(=O)OC(C)(C)C)c(C)n1. The quantitative estimate of drug-likeness (QED) is 0.909. The van der Waals surface area contributed by atoms with Crippen LogP contribution < -0.4 is 5.32 Å². The first-order chi connectivity index (χ1) is 8.78. The summed E-state index contributed by atoms with van der Waals surface area (Å²) in [6.45, 7) is 9.87. The molecule has 1 aromatic rings. The molecule has 1 aromatic heterocycles. The van der Waals surface area contributed by atoms with Crippen LogP contribution in [0.15, 0.2) is 18.2 Å². The van der Waals surface area contributed by atoms with Crippen molar-refractivity contribution in [2.75, 3.05) is 6.54 Å². The highest BCUT2D eigenvalue weighted by atomic mass is 16.6. The predicted octanol–water partition coefficient (Wildman–Crippen LogP) is 3.24. The van der Waals surface area contributed by atoms with Gasteiger partial charge in [-0.1, -0.05) is 18.2 Å². The van der Waals surface area contributed by atoms with Crippen molar-refractivity contribution < 1.29 is 9.53 Å². The summed E-state index contributed by atoms with van der Waals surface area (Å²) in [4.78, 5) is 15.8. The van der Waals surface area contributed by atoms with E-state index in [4.69, 9.17) is 4.74 Å². The second kappa shape index (κ2) is 6.36. The van der Waals surface area contributed by atoms with Gasteiger partial charge in [0.25, 0.3) is 0 Å². The van der Waals surface area contributed by atoms with Crippen molar-refractivity contribution in [1.82, 2.24) is 10.3 Å². The fourth-order valence-corrected chi connectivity index (χ4v) is 1.52. The van der Waals surface area contributed by atoms with E-state index in [1.807, 2.05) is 58.9 Å². The molecule has 0 unspecified atom stereocenters. The minimum absolute atomic E-state index is 0.407. The Morgan fingerprint density at radius 2 is 2.05 bits per heavy atom. The van der Waals surface area contributed by atoms with Crippen LogP contribution in [0.25, 0.3) is 6.08 Å². The Morgan fingerprint density at radius 1 is 1.37 bits per heavy atom. The summed E-state index contributed by atoms with van der Waals surface area (Å²) >= 11 is 0. The summed E-state index contributed by atoms with van der Waals surface area (Å²) in [5.74, 6) is 0. The molecule has 0 fully saturated rings. The lowest BCUT2D eigenvalue weighted by molar-refractivity contribution is 0.0534. The lowest BCUT2D eigenvalue weighted by Crippen LogP contribution is -2.32. The van der Waals surface area contributed by atoms with Crippen molar-refractivity contribution in [3.8, 4) is 0 Å². The topological polar surface area (TPSA) is 51.2 Å². The third-order valence-corrected chi connectivity index (χ3v) is 2.33. The summed E-state index contributed by atoms with van der Waals surface area (Å²) < 4.78 is 5.13. The number of nitrogens with zero attached hydrogens (tertiary/aromatic N) is 1. The standard InChI is InChI=1S/C15H22N2O2/c1-11-8-9-13(12(2)17-11)7-6-10-16-14(18)19-15(3,4)5/h6-9H,10H2,1-5H3,(H,16,18). The van der Waals surface area contributed by atoms with Crippen molar-refractivity contribution in [2.24, 2.45) is 0 Å². The molecule has 0 spiro atoms. The largest absolute Gasteiger partial charge is 0.444 e. The highest BCUT2D eigenvalue weighted by molar-refractivity contribution is 5.68. The van der Waals surface area contributed by atoms with Crippen LogP contribution in [-0.4, -0.2) is 23.2 Å². The van der Waals surface area contributed by atoms with Crippen LogP contribution in [0.3, 0.4) is 0 Å². The third-order valence-electron chi connectivity index (χ3n) is 2.33. The van der Waals surface area contributed by atoms with Gasteiger partial charge in [-0.2, -0.15) is 0 Å². The van der Waals surface area contributed by atoms with Crippen LogP contribution >= 0.6 is 0 Å². The van der Waals surface area contributed by atoms with Gasteiger partial charge in [-0.05, 0) is 46.2 Å². The number of aromatic nitrogens is 1. The van der Waals surface area contributed by atoms with Gasteiger partial charge in [-0.25, -0.2) is 4.79 Å². The van der Waals surface area contributed by atoms with Gasteiger partial charge in [0.2, 0.25) is 0 Å². The van der Waals surface area contributed by atoms with Gasteiger partial charge < -0.3 is 10.1 Å². The van der Waals surface area contributed by atoms with E-state index < -0.39 is 11.7 Å². The molecule has 1 rings (SSSR count). The molecule has 0 saturated carbocycles. The molecule has 0 radical (unpaired) electrons. The molecule has 0 atom stereocenters. The monoisotopic (exact) mass is 262 g/mol. The van der Waals surface area contributed by atoms with Crippen LogP contribution in [0.4, 0.5) is 4.79 Å². The van der Waals surface area contributed by atoms with Crippen molar-refractivity contribution in [1.29, 1.82) is 0 Å². The van der Waals surface area contributed by atoms with E-state index in [9.17, 15) is 4.79 Å². The summed E-state index contributed by atoms with van der Waals surface area (Å²) in [5, 5.41) is 2.67. The highest BCUT2D eigenvalue weighted by Crippen LogP contribution is 2.08. The molecule has 1 amide bonds. The van der Waals surface area contributed by atoms with E-state index in [0.29, 0.717) is 6.54 Å². The van der Waals surface area contributed by atoms with E-state index in [-0.39, 0.29) is 0 Å². The van der Waals surface area contributed by atoms with Crippen molar-refractivity contribution in [3.05, 3.63) is 35.2 Å². The number of alkyl carbamates (subject to hydrolysis) is 1. The molecule has 104 valence electrons. The number of hydrogen-bond donors (Lipinski definition) is 1. The number of carbonyl (C=O) groups excluding carboxylic acids is 1. The van der Waals surface area contributed by atoms with Gasteiger partial charge in [-0.15, -0.1) is 0 Å². The van der Waals surface area contributed by atoms with Crippen molar-refractivity contribution in [3.63, 3.8) is 0 Å². The first-order valence-electron chi connectivity index (χ1n) is 6.35. The van der Waals surface area contributed by atoms with Crippen LogP contribution in [-0.2, 0) is 4.74 Å². The van der Waals surface area contributed by atoms with Crippen LogP contribution in [0.1, 0.15) is 37.7 Å². The Balaban J connectivity index is 2.44. The number of nitrogens with one attached hydrogen (secondary N) is 1. The maximum absolute atomic E-state index is 11.4. The third kappa shape index (κ3) is 6.04. The number of rotatable bonds is 3. The average Bonchev–Trinajstić information content (AvgIpc) is 2.24. The molecule has 0 bridgehead atoms. The first-order valence-corrected chi connectivity index (χ1v) is 6.35. The fraction of sp³-hybridized carbons (Fsp3) is 0.467. The van der Waals surface area contributed by atoms with Gasteiger partial charge in [0.1, 0.15) is 5.60 Å². The minimum Gasteiger partial charge on any atom is -0.444 e. The van der Waals surface area contributed by atoms with Gasteiger partial charge >= 0.3 is 6.09 Å². The smallest absolute Gasteiger partial charge is 0.407 e. The molecule has 0 aromatic carbocycles. The zero-order chi connectivity index (χ0) is 14.5. The van der Waals surface area contributed by atoms with Crippen LogP contribution in [0, 0.1) is 13.8 Å². The molecule has 0 saturated heterocycles. The second-order valence-corrected chi connectivity index (χ2v) is 5.41. The zero-order valence-corrected chi connectivity index (χ0v) is 12.3. The maximum atomic E-state index is 11.4. The highest BCUT2D eigenvalue weighted by Gasteiger charge is 2.14. The first kappa shape index (κ1) is 15.2. The van der Waals surface area contributed by atoms with Gasteiger partial charge in [0, 0.05) is 17.9 Å². The summed E-state index contributed by atoms with van der Waals surface area (Å²) in [6.07, 6.45) is 3.42. The van der Waals surface area contributed by atoms with Crippen molar-refractivity contribution in [2.45, 2.75) is 40.2 Å². The van der Waals surface area contributed by atoms with Crippen LogP contribution in [0.5, 0.6) is 0 Å². The lowest BCUT2D eigenvalue weighted by Gasteiger charge is -2.19. The molecular weight excluding hydrogens is 240 g/mol. The number of hydrogen-bond acceptors (Lipinski definition) is 3. The number of pyridine rings is 1. The van der Waals surface area contributed by atoms with E-state index in [0.717, 1.165) is 17.0 Å². The Kier molecular flexibility index (Phi) is 5.10. The molecule has 4 nitrogen and oxygen atoms in total. The molecule has 1 N–H and O–H groups in total. The summed E-state index contributed by atoms with van der Waals surface area (Å²) in [6, 6.07) is 3.98. The van der Waals surface area contributed by atoms with E-state index in [2.05, 4.69) is 10.3 Å². The summed E-state index contributed by atoms with van der Waals surface area (Å²) in [7, 11) is 0. The van der Waals surface area contributed by atoms with E-state index in [1.165, 1.54) is 0 Å². The molecule has 0 aliphatic carbocycles. The Hall–Kier alpha value is -1.84. The normalized spacial score (nSPS) is 11.6. The molecule has 1 heterocycles. The Bertz CT molecular complexity index is 474. The predicted molar refractivity (Wildman–Crippen MR) is 77.0 cm³/mol. The number of ether oxygens (including phenoxy) is 1.